The summed E-state index contributed by atoms with van der Waals surface area (Å²) in [5.41, 5.74) is -1.39. The molecular formula is C10H8F4O. The Kier molecular flexibility index (Phi) is 3.12. The molecule has 0 fully saturated rings. The maximum Gasteiger partial charge on any atom is 0.419 e. The molecule has 1 rings (SSSR count). The number of rotatable bonds is 2. The summed E-state index contributed by atoms with van der Waals surface area (Å²) >= 11 is 0. The summed E-state index contributed by atoms with van der Waals surface area (Å²) in [7, 11) is 0. The normalized spacial score (nSPS) is 11.5. The molecule has 0 aliphatic carbocycles. The third-order valence-corrected chi connectivity index (χ3v) is 1.92. The number of ketones is 1. The minimum atomic E-state index is -4.72. The fourth-order valence-corrected chi connectivity index (χ4v) is 1.12. The third-order valence-electron chi connectivity index (χ3n) is 1.92. The van der Waals surface area contributed by atoms with Crippen molar-refractivity contribution in [2.45, 2.75) is 19.5 Å². The van der Waals surface area contributed by atoms with E-state index in [0.717, 1.165) is 6.07 Å². The maximum absolute atomic E-state index is 13.0. The topological polar surface area (TPSA) is 17.1 Å². The highest BCUT2D eigenvalue weighted by Gasteiger charge is 2.34. The number of carbonyl (C=O) groups excluding carboxylic acids is 1. The molecule has 82 valence electrons. The second kappa shape index (κ2) is 4.00. The van der Waals surface area contributed by atoms with Crippen molar-refractivity contribution in [3.63, 3.8) is 0 Å². The van der Waals surface area contributed by atoms with Crippen LogP contribution in [0.2, 0.25) is 0 Å². The molecule has 1 aromatic rings. The van der Waals surface area contributed by atoms with Gasteiger partial charge in [0.05, 0.1) is 5.56 Å². The molecule has 0 amide bonds. The largest absolute Gasteiger partial charge is 0.419 e. The van der Waals surface area contributed by atoms with Gasteiger partial charge in [0.1, 0.15) is 5.82 Å². The minimum Gasteiger partial charge on any atom is -0.294 e. The summed E-state index contributed by atoms with van der Waals surface area (Å²) in [4.78, 5) is 11.1. The van der Waals surface area contributed by atoms with E-state index in [1.54, 1.807) is 6.92 Å². The van der Waals surface area contributed by atoms with Crippen molar-refractivity contribution in [2.24, 2.45) is 0 Å². The van der Waals surface area contributed by atoms with E-state index < -0.39 is 17.6 Å². The standard InChI is InChI=1S/C10H8F4O/c1-2-9(15)6-3-4-7(8(11)5-6)10(12,13)14/h3-5H,2H2,1H3. The van der Waals surface area contributed by atoms with E-state index in [-0.39, 0.29) is 17.8 Å². The number of hydrogen-bond donors (Lipinski definition) is 0. The van der Waals surface area contributed by atoms with E-state index in [1.165, 1.54) is 0 Å². The fourth-order valence-electron chi connectivity index (χ4n) is 1.12. The lowest BCUT2D eigenvalue weighted by Crippen LogP contribution is -2.09. The molecule has 0 saturated heterocycles. The molecule has 1 nitrogen and oxygen atoms in total. The van der Waals surface area contributed by atoms with Crippen LogP contribution in [0.4, 0.5) is 17.6 Å². The summed E-state index contributed by atoms with van der Waals surface area (Å²) in [6, 6.07) is 2.19. The van der Waals surface area contributed by atoms with E-state index in [2.05, 4.69) is 0 Å². The van der Waals surface area contributed by atoms with E-state index in [1.807, 2.05) is 0 Å². The van der Waals surface area contributed by atoms with Crippen molar-refractivity contribution in [1.82, 2.24) is 0 Å². The van der Waals surface area contributed by atoms with Crippen molar-refractivity contribution in [3.8, 4) is 0 Å². The van der Waals surface area contributed by atoms with Crippen LogP contribution in [-0.4, -0.2) is 5.78 Å². The van der Waals surface area contributed by atoms with Gasteiger partial charge < -0.3 is 0 Å². The molecule has 0 N–H and O–H groups in total. The van der Waals surface area contributed by atoms with Gasteiger partial charge in [-0.3, -0.25) is 4.79 Å². The summed E-state index contributed by atoms with van der Waals surface area (Å²) in [5, 5.41) is 0. The predicted molar refractivity (Wildman–Crippen MR) is 46.0 cm³/mol. The van der Waals surface area contributed by atoms with Crippen molar-refractivity contribution in [1.29, 1.82) is 0 Å². The van der Waals surface area contributed by atoms with E-state index >= 15 is 0 Å². The minimum absolute atomic E-state index is 0.0389. The lowest BCUT2D eigenvalue weighted by molar-refractivity contribution is -0.140. The zero-order valence-electron chi connectivity index (χ0n) is 7.86. The molecule has 0 aliphatic rings. The SMILES string of the molecule is CCC(=O)c1ccc(C(F)(F)F)c(F)c1. The number of Topliss-reactive ketones (excluding diaryl/α,β-unsaturated/α-hetero) is 1. The highest BCUT2D eigenvalue weighted by molar-refractivity contribution is 5.95. The first-order valence-electron chi connectivity index (χ1n) is 4.26. The lowest BCUT2D eigenvalue weighted by atomic mass is 10.1. The molecule has 0 radical (unpaired) electrons. The monoisotopic (exact) mass is 220 g/mol. The number of benzene rings is 1. The average Bonchev–Trinajstić information content (AvgIpc) is 2.14. The Balaban J connectivity index is 3.15. The molecular weight excluding hydrogens is 212 g/mol. The summed E-state index contributed by atoms with van der Waals surface area (Å²) < 4.78 is 49.4. The van der Waals surface area contributed by atoms with Crippen LogP contribution in [-0.2, 0) is 6.18 Å². The van der Waals surface area contributed by atoms with Crippen LogP contribution >= 0.6 is 0 Å². The number of carbonyl (C=O) groups is 1. The third kappa shape index (κ3) is 2.55. The highest BCUT2D eigenvalue weighted by Crippen LogP contribution is 2.31. The summed E-state index contributed by atoms with van der Waals surface area (Å²) in [6.45, 7) is 1.55. The molecule has 15 heavy (non-hydrogen) atoms. The molecule has 0 atom stereocenters. The van der Waals surface area contributed by atoms with Gasteiger partial charge in [0.15, 0.2) is 5.78 Å². The fraction of sp³-hybridized carbons (Fsp3) is 0.300. The van der Waals surface area contributed by atoms with Gasteiger partial charge in [-0.15, -0.1) is 0 Å². The Hall–Kier alpha value is -1.39. The van der Waals surface area contributed by atoms with Crippen molar-refractivity contribution < 1.29 is 22.4 Å². The first kappa shape index (κ1) is 11.7. The quantitative estimate of drug-likeness (QED) is 0.551. The van der Waals surface area contributed by atoms with Crippen LogP contribution in [0.1, 0.15) is 29.3 Å². The Morgan fingerprint density at radius 3 is 2.33 bits per heavy atom. The van der Waals surface area contributed by atoms with E-state index in [9.17, 15) is 22.4 Å². The van der Waals surface area contributed by atoms with Gasteiger partial charge in [-0.25, -0.2) is 4.39 Å². The molecule has 0 spiro atoms. The van der Waals surface area contributed by atoms with Crippen LogP contribution in [0.25, 0.3) is 0 Å². The highest BCUT2D eigenvalue weighted by atomic mass is 19.4. The Morgan fingerprint density at radius 2 is 1.93 bits per heavy atom. The predicted octanol–water partition coefficient (Wildman–Crippen LogP) is 3.44. The average molecular weight is 220 g/mol. The molecule has 0 heterocycles. The van der Waals surface area contributed by atoms with Crippen molar-refractivity contribution in [2.75, 3.05) is 0 Å². The van der Waals surface area contributed by atoms with Crippen LogP contribution in [0.3, 0.4) is 0 Å². The Labute approximate surface area is 83.7 Å². The van der Waals surface area contributed by atoms with Gasteiger partial charge in [-0.2, -0.15) is 13.2 Å². The Morgan fingerprint density at radius 1 is 1.33 bits per heavy atom. The molecule has 0 bridgehead atoms. The van der Waals surface area contributed by atoms with Gasteiger partial charge in [-0.05, 0) is 12.1 Å². The molecule has 0 aromatic heterocycles. The zero-order valence-corrected chi connectivity index (χ0v) is 7.86. The summed E-state index contributed by atoms with van der Waals surface area (Å²) in [6.07, 6.45) is -4.59. The first-order valence-corrected chi connectivity index (χ1v) is 4.26. The van der Waals surface area contributed by atoms with Gasteiger partial charge in [0, 0.05) is 12.0 Å². The lowest BCUT2D eigenvalue weighted by Gasteiger charge is -2.08. The van der Waals surface area contributed by atoms with E-state index in [0.29, 0.717) is 12.1 Å². The second-order valence-electron chi connectivity index (χ2n) is 2.97. The van der Waals surface area contributed by atoms with E-state index in [4.69, 9.17) is 0 Å². The van der Waals surface area contributed by atoms with Gasteiger partial charge in [0.25, 0.3) is 0 Å². The number of halogens is 4. The molecule has 5 heteroatoms. The van der Waals surface area contributed by atoms with Crippen LogP contribution < -0.4 is 0 Å². The van der Waals surface area contributed by atoms with Crippen LogP contribution in [0, 0.1) is 5.82 Å². The molecule has 0 unspecified atom stereocenters. The van der Waals surface area contributed by atoms with Crippen molar-refractivity contribution in [3.05, 3.63) is 35.1 Å². The summed E-state index contributed by atoms with van der Waals surface area (Å²) in [5.74, 6) is -1.80. The van der Waals surface area contributed by atoms with Gasteiger partial charge in [0.2, 0.25) is 0 Å². The maximum atomic E-state index is 13.0. The van der Waals surface area contributed by atoms with Crippen LogP contribution in [0.15, 0.2) is 18.2 Å². The second-order valence-corrected chi connectivity index (χ2v) is 2.97. The first-order chi connectivity index (χ1) is 6.86. The number of hydrogen-bond acceptors (Lipinski definition) is 1. The van der Waals surface area contributed by atoms with Crippen molar-refractivity contribution >= 4 is 5.78 Å². The van der Waals surface area contributed by atoms with Gasteiger partial charge >= 0.3 is 6.18 Å². The molecule has 0 saturated carbocycles. The number of alkyl halides is 3. The molecule has 1 aromatic carbocycles. The van der Waals surface area contributed by atoms with Gasteiger partial charge in [-0.1, -0.05) is 13.0 Å². The zero-order chi connectivity index (χ0) is 11.6. The smallest absolute Gasteiger partial charge is 0.294 e. The molecule has 0 aliphatic heterocycles. The van der Waals surface area contributed by atoms with Crippen LogP contribution in [0.5, 0.6) is 0 Å². The Bertz CT molecular complexity index is 381.